The molecule has 2 N–H and O–H groups in total. The van der Waals surface area contributed by atoms with E-state index in [1.165, 1.54) is 0 Å². The number of carbonyl (C=O) groups is 2. The number of benzene rings is 1. The van der Waals surface area contributed by atoms with E-state index in [4.69, 9.17) is 5.11 Å². The van der Waals surface area contributed by atoms with Gasteiger partial charge in [-0.3, -0.25) is 9.69 Å². The van der Waals surface area contributed by atoms with Gasteiger partial charge in [0.1, 0.15) is 9.88 Å². The highest BCUT2D eigenvalue weighted by atomic mass is 32.1. The van der Waals surface area contributed by atoms with Gasteiger partial charge in [0.2, 0.25) is 5.91 Å². The Kier molecular flexibility index (Phi) is 6.05. The number of nitrogens with one attached hydrogen (secondary N) is 1. The molecule has 1 aromatic carbocycles. The number of amides is 1. The number of rotatable bonds is 7. The lowest BCUT2D eigenvalue weighted by molar-refractivity contribution is -0.117. The van der Waals surface area contributed by atoms with Gasteiger partial charge in [-0.1, -0.05) is 13.8 Å². The Labute approximate surface area is 145 Å². The van der Waals surface area contributed by atoms with E-state index in [1.807, 2.05) is 30.9 Å². The molecular weight excluding hydrogens is 326 g/mol. The van der Waals surface area contributed by atoms with Crippen molar-refractivity contribution in [2.45, 2.75) is 20.8 Å². The van der Waals surface area contributed by atoms with Crippen LogP contribution in [-0.2, 0) is 4.79 Å². The van der Waals surface area contributed by atoms with Gasteiger partial charge in [-0.2, -0.15) is 0 Å². The number of carboxylic acid groups (broad SMARTS) is 1. The maximum atomic E-state index is 12.0. The van der Waals surface area contributed by atoms with Crippen LogP contribution in [0.3, 0.4) is 0 Å². The first-order valence-electron chi connectivity index (χ1n) is 7.78. The molecule has 0 radical (unpaired) electrons. The van der Waals surface area contributed by atoms with Crippen LogP contribution < -0.4 is 5.32 Å². The lowest BCUT2D eigenvalue weighted by Crippen LogP contribution is -2.32. The second-order valence-corrected chi connectivity index (χ2v) is 6.32. The normalized spacial score (nSPS) is 10.8. The van der Waals surface area contributed by atoms with E-state index >= 15 is 0 Å². The Morgan fingerprint density at radius 2 is 1.83 bits per heavy atom. The first kappa shape index (κ1) is 18.1. The molecule has 0 aliphatic heterocycles. The van der Waals surface area contributed by atoms with Crippen LogP contribution in [0.2, 0.25) is 0 Å². The highest BCUT2D eigenvalue weighted by Gasteiger charge is 2.15. The van der Waals surface area contributed by atoms with Gasteiger partial charge in [0.25, 0.3) is 0 Å². The molecule has 0 unspecified atom stereocenters. The van der Waals surface area contributed by atoms with Crippen molar-refractivity contribution in [3.8, 4) is 10.6 Å². The summed E-state index contributed by atoms with van der Waals surface area (Å²) in [6.45, 7) is 7.75. The van der Waals surface area contributed by atoms with Gasteiger partial charge in [0.15, 0.2) is 0 Å². The van der Waals surface area contributed by atoms with Crippen LogP contribution in [-0.4, -0.2) is 46.5 Å². The van der Waals surface area contributed by atoms with Crippen molar-refractivity contribution < 1.29 is 14.7 Å². The molecule has 1 heterocycles. The third-order valence-electron chi connectivity index (χ3n) is 3.67. The second kappa shape index (κ2) is 8.03. The summed E-state index contributed by atoms with van der Waals surface area (Å²) in [6.07, 6.45) is 0. The van der Waals surface area contributed by atoms with Crippen molar-refractivity contribution in [1.82, 2.24) is 9.88 Å². The van der Waals surface area contributed by atoms with Gasteiger partial charge in [-0.15, -0.1) is 11.3 Å². The molecule has 0 atom stereocenters. The monoisotopic (exact) mass is 347 g/mol. The van der Waals surface area contributed by atoms with E-state index in [2.05, 4.69) is 10.3 Å². The molecule has 0 saturated carbocycles. The third kappa shape index (κ3) is 4.39. The summed E-state index contributed by atoms with van der Waals surface area (Å²) >= 11 is 1.15. The van der Waals surface area contributed by atoms with Crippen LogP contribution in [0.5, 0.6) is 0 Å². The molecule has 2 aromatic rings. The number of aromatic nitrogens is 1. The van der Waals surface area contributed by atoms with Crippen LogP contribution in [0, 0.1) is 6.92 Å². The molecule has 0 fully saturated rings. The van der Waals surface area contributed by atoms with E-state index in [9.17, 15) is 9.59 Å². The van der Waals surface area contributed by atoms with Gasteiger partial charge < -0.3 is 10.4 Å². The van der Waals surface area contributed by atoms with Crippen molar-refractivity contribution in [1.29, 1.82) is 0 Å². The number of hydrogen-bond donors (Lipinski definition) is 2. The maximum absolute atomic E-state index is 12.0. The number of nitrogens with zero attached hydrogens (tertiary/aromatic N) is 2. The second-order valence-electron chi connectivity index (χ2n) is 5.33. The topological polar surface area (TPSA) is 82.5 Å². The van der Waals surface area contributed by atoms with E-state index in [1.54, 1.807) is 19.1 Å². The van der Waals surface area contributed by atoms with Crippen LogP contribution in [0.4, 0.5) is 5.69 Å². The lowest BCUT2D eigenvalue weighted by Gasteiger charge is -2.17. The fourth-order valence-electron chi connectivity index (χ4n) is 2.27. The van der Waals surface area contributed by atoms with Crippen molar-refractivity contribution in [3.63, 3.8) is 0 Å². The first-order chi connectivity index (χ1) is 11.4. The van der Waals surface area contributed by atoms with Gasteiger partial charge in [-0.05, 0) is 44.3 Å². The predicted molar refractivity (Wildman–Crippen MR) is 95.7 cm³/mol. The summed E-state index contributed by atoms with van der Waals surface area (Å²) in [7, 11) is 0. The zero-order valence-electron chi connectivity index (χ0n) is 14.0. The van der Waals surface area contributed by atoms with Crippen molar-refractivity contribution in [3.05, 3.63) is 34.8 Å². The number of anilines is 1. The van der Waals surface area contributed by atoms with Crippen molar-refractivity contribution in [2.75, 3.05) is 25.0 Å². The van der Waals surface area contributed by atoms with E-state index in [0.29, 0.717) is 22.9 Å². The number of hydrogen-bond acceptors (Lipinski definition) is 5. The molecule has 7 heteroatoms. The molecule has 0 aliphatic carbocycles. The predicted octanol–water partition coefficient (Wildman–Crippen LogP) is 3.10. The molecule has 1 amide bonds. The summed E-state index contributed by atoms with van der Waals surface area (Å²) in [5.74, 6) is -1.01. The van der Waals surface area contributed by atoms with Crippen LogP contribution in [0.1, 0.15) is 29.2 Å². The summed E-state index contributed by atoms with van der Waals surface area (Å²) in [4.78, 5) is 29.7. The van der Waals surface area contributed by atoms with E-state index in [0.717, 1.165) is 30.0 Å². The smallest absolute Gasteiger partial charge is 0.347 e. The van der Waals surface area contributed by atoms with Gasteiger partial charge >= 0.3 is 5.97 Å². The number of aromatic carboxylic acids is 1. The minimum atomic E-state index is -0.962. The van der Waals surface area contributed by atoms with E-state index in [-0.39, 0.29) is 10.8 Å². The zero-order chi connectivity index (χ0) is 17.7. The molecule has 0 aliphatic rings. The van der Waals surface area contributed by atoms with Crippen molar-refractivity contribution >= 4 is 28.9 Å². The van der Waals surface area contributed by atoms with Crippen LogP contribution >= 0.6 is 11.3 Å². The molecule has 0 saturated heterocycles. The van der Waals surface area contributed by atoms with Crippen LogP contribution in [0.25, 0.3) is 10.6 Å². The molecular formula is C17H21N3O3S. The number of carbonyl (C=O) groups excluding carboxylic acids is 1. The third-order valence-corrected chi connectivity index (χ3v) is 4.86. The number of likely N-dealkylation sites (N-methyl/N-ethyl adjacent to an activating group) is 1. The van der Waals surface area contributed by atoms with Crippen molar-refractivity contribution in [2.24, 2.45) is 0 Å². The van der Waals surface area contributed by atoms with Gasteiger partial charge in [-0.25, -0.2) is 9.78 Å². The Morgan fingerprint density at radius 3 is 2.33 bits per heavy atom. The molecule has 6 nitrogen and oxygen atoms in total. The largest absolute Gasteiger partial charge is 0.477 e. The molecule has 0 spiro atoms. The number of carboxylic acids is 1. The Bertz CT molecular complexity index is 721. The molecule has 0 bridgehead atoms. The standard InChI is InChI=1S/C17H21N3O3S/c1-4-20(5-2)10-14(21)19-13-8-6-12(7-9-13)16-18-11(3)15(24-16)17(22)23/h6-9H,4-5,10H2,1-3H3,(H,19,21)(H,22,23). The first-order valence-corrected chi connectivity index (χ1v) is 8.59. The Balaban J connectivity index is 2.06. The van der Waals surface area contributed by atoms with Gasteiger partial charge in [0, 0.05) is 11.3 Å². The summed E-state index contributed by atoms with van der Waals surface area (Å²) in [5, 5.41) is 12.6. The molecule has 24 heavy (non-hydrogen) atoms. The highest BCUT2D eigenvalue weighted by Crippen LogP contribution is 2.28. The fraction of sp³-hybridized carbons (Fsp3) is 0.353. The Hall–Kier alpha value is -2.25. The molecule has 2 rings (SSSR count). The van der Waals surface area contributed by atoms with Gasteiger partial charge in [0.05, 0.1) is 12.2 Å². The SMILES string of the molecule is CCN(CC)CC(=O)Nc1ccc(-c2nc(C)c(C(=O)O)s2)cc1. The minimum Gasteiger partial charge on any atom is -0.477 e. The fourth-order valence-corrected chi connectivity index (χ4v) is 3.18. The zero-order valence-corrected chi connectivity index (χ0v) is 14.8. The Morgan fingerprint density at radius 1 is 1.21 bits per heavy atom. The number of thiazole rings is 1. The minimum absolute atomic E-state index is 0.0512. The lowest BCUT2D eigenvalue weighted by atomic mass is 10.2. The maximum Gasteiger partial charge on any atom is 0.347 e. The highest BCUT2D eigenvalue weighted by molar-refractivity contribution is 7.17. The summed E-state index contributed by atoms with van der Waals surface area (Å²) in [5.41, 5.74) is 2.05. The van der Waals surface area contributed by atoms with Crippen LogP contribution in [0.15, 0.2) is 24.3 Å². The molecule has 128 valence electrons. The quantitative estimate of drug-likeness (QED) is 0.804. The summed E-state index contributed by atoms with van der Waals surface area (Å²) < 4.78 is 0. The number of aryl methyl sites for hydroxylation is 1. The average Bonchev–Trinajstić information content (AvgIpc) is 2.95. The van der Waals surface area contributed by atoms with E-state index < -0.39 is 5.97 Å². The summed E-state index contributed by atoms with van der Waals surface area (Å²) in [6, 6.07) is 7.26. The molecule has 1 aromatic heterocycles. The average molecular weight is 347 g/mol.